The summed E-state index contributed by atoms with van der Waals surface area (Å²) in [5.41, 5.74) is -0.355. The van der Waals surface area contributed by atoms with Crippen molar-refractivity contribution in [3.05, 3.63) is 53.6 Å². The summed E-state index contributed by atoms with van der Waals surface area (Å²) < 4.78 is 71.3. The molecule has 0 bridgehead atoms. The number of ether oxygens (including phenoxy) is 4. The number of phenolic OH excluding ortho intramolecular Hbond substituents is 1. The second-order valence-corrected chi connectivity index (χ2v) is 33.2. The molecule has 0 aliphatic heterocycles. The molecule has 0 heterocycles. The Bertz CT molecular complexity index is 2730. The van der Waals surface area contributed by atoms with Gasteiger partial charge in [0.2, 0.25) is 11.8 Å². The number of hydrogen-bond donors (Lipinski definition) is 9. The number of unbranched alkanes of at least 4 members (excludes halogenated alkanes) is 30. The average molecular weight is 1640 g/mol. The molecule has 1 aromatic rings. The lowest BCUT2D eigenvalue weighted by atomic mass is 10.0. The van der Waals surface area contributed by atoms with Gasteiger partial charge in [-0.1, -0.05) is 246 Å². The van der Waals surface area contributed by atoms with E-state index in [-0.39, 0.29) is 82.3 Å². The van der Waals surface area contributed by atoms with Crippen LogP contribution in [0.1, 0.15) is 370 Å². The van der Waals surface area contributed by atoms with Crippen molar-refractivity contribution in [2.45, 2.75) is 386 Å². The monoisotopic (exact) mass is 1640 g/mol. The number of esters is 2. The predicted octanol–water partition coefficient (Wildman–Crippen LogP) is 18.6. The van der Waals surface area contributed by atoms with E-state index >= 15 is 0 Å². The van der Waals surface area contributed by atoms with E-state index in [0.717, 1.165) is 179 Å². The molecule has 0 fully saturated rings. The number of hydrogen-bond acceptors (Lipinski definition) is 19. The fraction of sp³-hybridized carbons (Fsp3) is 0.814. The summed E-state index contributed by atoms with van der Waals surface area (Å²) in [5.74, 6) is -3.83. The molecule has 4 amide bonds. The first-order valence-electron chi connectivity index (χ1n) is 44.0. The molecule has 0 aliphatic carbocycles. The van der Waals surface area contributed by atoms with Crippen molar-refractivity contribution >= 4 is 51.2 Å². The van der Waals surface area contributed by atoms with Crippen molar-refractivity contribution in [2.24, 2.45) is 0 Å². The minimum atomic E-state index is -4.86. The van der Waals surface area contributed by atoms with E-state index in [1.54, 1.807) is 0 Å². The molecule has 0 spiro atoms. The van der Waals surface area contributed by atoms with Crippen LogP contribution >= 0.6 is 15.6 Å². The SMILES string of the molecule is CCCCCC/C=C/CCCC(=O)O[C@H](CCCCCCC)CC(=O)NC(COCC[C@H](O)CCCCCCC)COP(=O)(O)OCCNC(=O)c1cc(O)cc(C(=O)NCCOP(=O)(O)OCC(COCC[C@H](O)CCCCCCC)NC(=O)C[C@@H](CCCCCCCCCCC)OC(=O)CCC/C=C/CCCCCC)c1. The van der Waals surface area contributed by atoms with Gasteiger partial charge in [-0.3, -0.25) is 46.9 Å². The lowest BCUT2D eigenvalue weighted by molar-refractivity contribution is -0.152. The third-order valence-corrected chi connectivity index (χ3v) is 21.4. The highest BCUT2D eigenvalue weighted by molar-refractivity contribution is 7.47. The third kappa shape index (κ3) is 65.1. The summed E-state index contributed by atoms with van der Waals surface area (Å²) in [6, 6.07) is 1.38. The summed E-state index contributed by atoms with van der Waals surface area (Å²) in [5, 5.41) is 42.5. The Morgan fingerprint density at radius 3 is 1.04 bits per heavy atom. The molecule has 1 aromatic carbocycles. The van der Waals surface area contributed by atoms with Crippen LogP contribution < -0.4 is 21.3 Å². The molecule has 25 nitrogen and oxygen atoms in total. The van der Waals surface area contributed by atoms with Gasteiger partial charge in [0.05, 0.1) is 76.8 Å². The summed E-state index contributed by atoms with van der Waals surface area (Å²) in [6.07, 6.45) is 48.1. The molecule has 113 heavy (non-hydrogen) atoms. The molecule has 0 aromatic heterocycles. The molecule has 0 radical (unpaired) electrons. The number of phosphoric ester groups is 2. The molecule has 0 aliphatic rings. The fourth-order valence-corrected chi connectivity index (χ4v) is 14.2. The number of phosphoric acid groups is 2. The summed E-state index contributed by atoms with van der Waals surface area (Å²) in [4.78, 5) is 102. The number of amides is 4. The Labute approximate surface area is 680 Å². The normalized spacial score (nSPS) is 14.4. The number of allylic oxidation sites excluding steroid dienone is 4. The second kappa shape index (κ2) is 72.6. The van der Waals surface area contributed by atoms with E-state index in [2.05, 4.69) is 87.1 Å². The molecular weight excluding hydrogens is 1490 g/mol. The number of nitrogens with one attached hydrogen (secondary N) is 4. The predicted molar refractivity (Wildman–Crippen MR) is 447 cm³/mol. The molecule has 4 unspecified atom stereocenters. The lowest BCUT2D eigenvalue weighted by Gasteiger charge is -2.23. The molecule has 27 heteroatoms. The lowest BCUT2D eigenvalue weighted by Crippen LogP contribution is -2.43. The zero-order valence-electron chi connectivity index (χ0n) is 70.7. The number of aliphatic hydroxyl groups excluding tert-OH is 2. The quantitative estimate of drug-likeness (QED) is 0.0127. The molecular formula is C86H156N4O21P2. The minimum absolute atomic E-state index is 0.132. The number of aliphatic hydroxyl groups is 2. The standard InChI is InChI=1S/C86H156N4O21P2/c1-7-13-19-25-28-31-34-40-46-52-80(111-84(97)54-48-42-36-33-30-27-21-15-9-3)67-82(95)90-75(69-105-60-56-77(92)50-44-38-23-17-11-5)71-109-113(102,103)107-62-58-88-86(99)73-63-72(64-78(93)65-73)85(98)87-57-61-106-112(100,101)108-70-74(68-104-59-55-76(91)49-43-37-22-16-10-4)89-81(94)66-79(51-45-39-24-18-12-6)110-83(96)53-47-41-35-32-29-26-20-14-8-2/h32-33,35-36,63-65,74-77,79-80,91-93H,7-31,34,37-62,66-71H2,1-6H3,(H,87,98)(H,88,99)(H,89,94)(H,90,95)(H,100,101)(H,102,103)/b35-32+,36-33+/t74?,75?,76-,77-,79-,80-/m1/s1. The highest BCUT2D eigenvalue weighted by Gasteiger charge is 2.29. The first kappa shape index (κ1) is 106. The first-order valence-corrected chi connectivity index (χ1v) is 47.0. The number of carbonyl (C=O) groups is 6. The van der Waals surface area contributed by atoms with Crippen molar-refractivity contribution in [2.75, 3.05) is 65.9 Å². The van der Waals surface area contributed by atoms with E-state index in [0.29, 0.717) is 51.4 Å². The maximum Gasteiger partial charge on any atom is 0.472 e. The Kier molecular flexibility index (Phi) is 68.3. The molecule has 8 atom stereocenters. The van der Waals surface area contributed by atoms with Crippen LogP contribution in [0, 0.1) is 0 Å². The van der Waals surface area contributed by atoms with Gasteiger partial charge in [0.15, 0.2) is 0 Å². The first-order chi connectivity index (χ1) is 54.6. The Balaban J connectivity index is 3.06. The van der Waals surface area contributed by atoms with Gasteiger partial charge in [-0.15, -0.1) is 0 Å². The molecule has 0 saturated carbocycles. The second-order valence-electron chi connectivity index (χ2n) is 30.3. The van der Waals surface area contributed by atoms with E-state index in [9.17, 15) is 63.0 Å². The van der Waals surface area contributed by atoms with Gasteiger partial charge in [-0.05, 0) is 121 Å². The van der Waals surface area contributed by atoms with Crippen molar-refractivity contribution in [1.82, 2.24) is 21.3 Å². The zero-order chi connectivity index (χ0) is 83.1. The van der Waals surface area contributed by atoms with Gasteiger partial charge in [-0.2, -0.15) is 0 Å². The van der Waals surface area contributed by atoms with Gasteiger partial charge in [-0.25, -0.2) is 9.13 Å². The maximum atomic E-state index is 13.8. The highest BCUT2D eigenvalue weighted by atomic mass is 31.2. The minimum Gasteiger partial charge on any atom is -0.508 e. The van der Waals surface area contributed by atoms with Gasteiger partial charge >= 0.3 is 27.6 Å². The van der Waals surface area contributed by atoms with E-state index in [4.69, 9.17) is 37.0 Å². The van der Waals surface area contributed by atoms with E-state index in [1.165, 1.54) is 70.3 Å². The van der Waals surface area contributed by atoms with Gasteiger partial charge in [0, 0.05) is 50.3 Å². The third-order valence-electron chi connectivity index (χ3n) is 19.4. The number of benzene rings is 1. The van der Waals surface area contributed by atoms with Crippen LogP contribution in [-0.4, -0.2) is 163 Å². The van der Waals surface area contributed by atoms with Crippen LogP contribution in [0.2, 0.25) is 0 Å². The molecule has 656 valence electrons. The highest BCUT2D eigenvalue weighted by Crippen LogP contribution is 2.44. The number of aromatic hydroxyl groups is 1. The van der Waals surface area contributed by atoms with Gasteiger partial charge < -0.3 is 65.3 Å². The Morgan fingerprint density at radius 1 is 0.381 bits per heavy atom. The molecule has 9 N–H and O–H groups in total. The van der Waals surface area contributed by atoms with Crippen molar-refractivity contribution in [1.29, 1.82) is 0 Å². The summed E-state index contributed by atoms with van der Waals surface area (Å²) in [7, 11) is -9.72. The average Bonchev–Trinajstić information content (AvgIpc) is 0.845. The zero-order valence-corrected chi connectivity index (χ0v) is 72.5. The molecule has 1 rings (SSSR count). The van der Waals surface area contributed by atoms with Gasteiger partial charge in [0.1, 0.15) is 18.0 Å². The largest absolute Gasteiger partial charge is 0.508 e. The fourth-order valence-electron chi connectivity index (χ4n) is 12.7. The van der Waals surface area contributed by atoms with Crippen LogP contribution in [0.15, 0.2) is 42.5 Å². The number of phenols is 1. The Hall–Kier alpha value is -4.62. The van der Waals surface area contributed by atoms with Crippen molar-refractivity contribution < 1.29 is 100 Å². The summed E-state index contributed by atoms with van der Waals surface area (Å²) in [6.45, 7) is 10.0. The molecule has 0 saturated heterocycles. The maximum absolute atomic E-state index is 13.8. The van der Waals surface area contributed by atoms with Crippen molar-refractivity contribution in [3.8, 4) is 5.75 Å². The van der Waals surface area contributed by atoms with E-state index < -0.39 is 114 Å². The van der Waals surface area contributed by atoms with Crippen LogP contribution in [-0.2, 0) is 65.4 Å². The number of rotatable bonds is 80. The number of carbonyl (C=O) groups excluding carboxylic acids is 6. The van der Waals surface area contributed by atoms with Crippen molar-refractivity contribution in [3.63, 3.8) is 0 Å². The summed E-state index contributed by atoms with van der Waals surface area (Å²) >= 11 is 0. The van der Waals surface area contributed by atoms with E-state index in [1.807, 2.05) is 0 Å². The smallest absolute Gasteiger partial charge is 0.472 e. The topological polar surface area (TPSA) is 360 Å². The van der Waals surface area contributed by atoms with Gasteiger partial charge in [0.25, 0.3) is 11.8 Å². The van der Waals surface area contributed by atoms with Crippen LogP contribution in [0.3, 0.4) is 0 Å². The van der Waals surface area contributed by atoms with Crippen LogP contribution in [0.25, 0.3) is 0 Å². The van der Waals surface area contributed by atoms with Crippen LogP contribution in [0.4, 0.5) is 0 Å². The van der Waals surface area contributed by atoms with Crippen LogP contribution in [0.5, 0.6) is 5.75 Å². The Morgan fingerprint density at radius 2 is 0.690 bits per heavy atom.